The molecule has 0 radical (unpaired) electrons. The molecule has 0 saturated heterocycles. The molecule has 0 spiro atoms. The monoisotopic (exact) mass is 420 g/mol. The molecule has 0 fully saturated rings. The number of carbonyl (C=O) groups is 2. The van der Waals surface area contributed by atoms with E-state index in [9.17, 15) is 9.59 Å². The third-order valence-corrected chi connectivity index (χ3v) is 4.71. The summed E-state index contributed by atoms with van der Waals surface area (Å²) in [5.74, 6) is 0.372. The maximum atomic E-state index is 12.8. The Balaban J connectivity index is 1.54. The SMILES string of the molecule is Cc1ccc(-c2noc(CC(C)NC(=O)O)n2)cc1NC(=O)c1cnc2ccccn12. The molecule has 3 aromatic heterocycles. The second-order valence-electron chi connectivity index (χ2n) is 7.12. The van der Waals surface area contributed by atoms with Gasteiger partial charge in [0.2, 0.25) is 11.7 Å². The fourth-order valence-corrected chi connectivity index (χ4v) is 3.16. The van der Waals surface area contributed by atoms with E-state index in [0.29, 0.717) is 34.3 Å². The average molecular weight is 420 g/mol. The van der Waals surface area contributed by atoms with Gasteiger partial charge in [-0.15, -0.1) is 0 Å². The molecule has 1 atom stereocenters. The largest absolute Gasteiger partial charge is 0.465 e. The number of imidazole rings is 1. The number of benzene rings is 1. The topological polar surface area (TPSA) is 135 Å². The summed E-state index contributed by atoms with van der Waals surface area (Å²) in [6.45, 7) is 3.59. The first-order valence-corrected chi connectivity index (χ1v) is 9.57. The summed E-state index contributed by atoms with van der Waals surface area (Å²) < 4.78 is 6.95. The first-order chi connectivity index (χ1) is 14.9. The molecular weight excluding hydrogens is 400 g/mol. The molecule has 0 saturated carbocycles. The Morgan fingerprint density at radius 2 is 2.10 bits per heavy atom. The molecule has 158 valence electrons. The van der Waals surface area contributed by atoms with Gasteiger partial charge in [0.25, 0.3) is 5.91 Å². The minimum absolute atomic E-state index is 0.267. The molecule has 0 aliphatic heterocycles. The summed E-state index contributed by atoms with van der Waals surface area (Å²) >= 11 is 0. The molecule has 1 unspecified atom stereocenters. The number of carbonyl (C=O) groups excluding carboxylic acids is 1. The van der Waals surface area contributed by atoms with Gasteiger partial charge in [-0.25, -0.2) is 9.78 Å². The molecule has 10 heteroatoms. The zero-order valence-electron chi connectivity index (χ0n) is 16.9. The molecular formula is C21H20N6O4. The van der Waals surface area contributed by atoms with E-state index in [1.807, 2.05) is 37.3 Å². The minimum Gasteiger partial charge on any atom is -0.465 e. The summed E-state index contributed by atoms with van der Waals surface area (Å²) in [5.41, 5.74) is 3.24. The Morgan fingerprint density at radius 1 is 1.26 bits per heavy atom. The first kappa shape index (κ1) is 20.1. The Morgan fingerprint density at radius 3 is 2.90 bits per heavy atom. The van der Waals surface area contributed by atoms with Crippen molar-refractivity contribution in [2.24, 2.45) is 0 Å². The number of fused-ring (bicyclic) bond motifs is 1. The number of anilines is 1. The number of amides is 2. The van der Waals surface area contributed by atoms with Gasteiger partial charge in [0.15, 0.2) is 0 Å². The van der Waals surface area contributed by atoms with E-state index >= 15 is 0 Å². The Labute approximate surface area is 176 Å². The molecule has 31 heavy (non-hydrogen) atoms. The van der Waals surface area contributed by atoms with Crippen LogP contribution in [-0.2, 0) is 6.42 Å². The number of nitrogens with one attached hydrogen (secondary N) is 2. The smallest absolute Gasteiger partial charge is 0.404 e. The average Bonchev–Trinajstić information content (AvgIpc) is 3.36. The Hall–Kier alpha value is -4.21. The van der Waals surface area contributed by atoms with Gasteiger partial charge in [0, 0.05) is 29.9 Å². The van der Waals surface area contributed by atoms with E-state index in [1.165, 1.54) is 6.20 Å². The number of rotatable bonds is 6. The number of hydrogen-bond donors (Lipinski definition) is 3. The minimum atomic E-state index is -1.11. The van der Waals surface area contributed by atoms with Crippen LogP contribution < -0.4 is 10.6 Å². The molecule has 10 nitrogen and oxygen atoms in total. The van der Waals surface area contributed by atoms with E-state index < -0.39 is 6.09 Å². The van der Waals surface area contributed by atoms with E-state index in [0.717, 1.165) is 5.56 Å². The van der Waals surface area contributed by atoms with Gasteiger partial charge in [-0.3, -0.25) is 9.20 Å². The third kappa shape index (κ3) is 4.37. The summed E-state index contributed by atoms with van der Waals surface area (Å²) in [5, 5.41) is 18.0. The number of aryl methyl sites for hydroxylation is 1. The highest BCUT2D eigenvalue weighted by atomic mass is 16.5. The lowest BCUT2D eigenvalue weighted by molar-refractivity contribution is 0.102. The Kier molecular flexibility index (Phi) is 5.35. The van der Waals surface area contributed by atoms with Crippen LogP contribution in [0.3, 0.4) is 0 Å². The molecule has 4 rings (SSSR count). The third-order valence-electron chi connectivity index (χ3n) is 4.71. The fraction of sp³-hybridized carbons (Fsp3) is 0.190. The molecule has 0 bridgehead atoms. The van der Waals surface area contributed by atoms with Crippen LogP contribution in [0.4, 0.5) is 10.5 Å². The number of nitrogens with zero attached hydrogens (tertiary/aromatic N) is 4. The zero-order chi connectivity index (χ0) is 22.0. The van der Waals surface area contributed by atoms with E-state index in [1.54, 1.807) is 23.6 Å². The second-order valence-corrected chi connectivity index (χ2v) is 7.12. The van der Waals surface area contributed by atoms with Crippen molar-refractivity contribution in [1.29, 1.82) is 0 Å². The maximum absolute atomic E-state index is 12.8. The van der Waals surface area contributed by atoms with Gasteiger partial charge < -0.3 is 20.3 Å². The van der Waals surface area contributed by atoms with Crippen molar-refractivity contribution in [2.75, 3.05) is 5.32 Å². The lowest BCUT2D eigenvalue weighted by Crippen LogP contribution is -2.32. The highest BCUT2D eigenvalue weighted by Gasteiger charge is 2.16. The van der Waals surface area contributed by atoms with Crippen LogP contribution in [0.1, 0.15) is 28.9 Å². The number of aromatic nitrogens is 4. The normalized spacial score (nSPS) is 11.9. The quantitative estimate of drug-likeness (QED) is 0.436. The summed E-state index contributed by atoms with van der Waals surface area (Å²) in [6.07, 6.45) is 2.46. The van der Waals surface area contributed by atoms with Crippen molar-refractivity contribution in [3.8, 4) is 11.4 Å². The van der Waals surface area contributed by atoms with Crippen molar-refractivity contribution >= 4 is 23.3 Å². The molecule has 0 aliphatic rings. The van der Waals surface area contributed by atoms with Crippen LogP contribution in [0.25, 0.3) is 17.0 Å². The fourth-order valence-electron chi connectivity index (χ4n) is 3.16. The van der Waals surface area contributed by atoms with Gasteiger partial charge in [-0.05, 0) is 37.6 Å². The summed E-state index contributed by atoms with van der Waals surface area (Å²) in [6, 6.07) is 10.6. The standard InChI is InChI=1S/C21H20N6O4/c1-12-6-7-14(19-25-18(31-26-19)9-13(2)23-21(29)30)10-15(12)24-20(28)16-11-22-17-5-3-4-8-27(16)17/h3-8,10-11,13,23H,9H2,1-2H3,(H,24,28)(H,29,30). The van der Waals surface area contributed by atoms with Crippen LogP contribution in [-0.4, -0.2) is 42.7 Å². The number of hydrogen-bond acceptors (Lipinski definition) is 6. The summed E-state index contributed by atoms with van der Waals surface area (Å²) in [7, 11) is 0. The summed E-state index contributed by atoms with van der Waals surface area (Å²) in [4.78, 5) is 32.1. The van der Waals surface area contributed by atoms with Crippen molar-refractivity contribution in [3.63, 3.8) is 0 Å². The predicted molar refractivity (Wildman–Crippen MR) is 112 cm³/mol. The predicted octanol–water partition coefficient (Wildman–Crippen LogP) is 3.14. The van der Waals surface area contributed by atoms with Crippen LogP contribution in [0.5, 0.6) is 0 Å². The van der Waals surface area contributed by atoms with Crippen LogP contribution in [0.15, 0.2) is 53.3 Å². The maximum Gasteiger partial charge on any atom is 0.404 e. The Bertz CT molecular complexity index is 1260. The van der Waals surface area contributed by atoms with E-state index in [-0.39, 0.29) is 18.4 Å². The lowest BCUT2D eigenvalue weighted by Gasteiger charge is -2.09. The second kappa shape index (κ2) is 8.27. The van der Waals surface area contributed by atoms with Crippen molar-refractivity contribution in [1.82, 2.24) is 24.8 Å². The number of carboxylic acid groups (broad SMARTS) is 1. The van der Waals surface area contributed by atoms with Crippen molar-refractivity contribution < 1.29 is 19.2 Å². The van der Waals surface area contributed by atoms with E-state index in [4.69, 9.17) is 9.63 Å². The van der Waals surface area contributed by atoms with Gasteiger partial charge in [-0.2, -0.15) is 4.98 Å². The molecule has 1 aromatic carbocycles. The molecule has 3 heterocycles. The van der Waals surface area contributed by atoms with Crippen LogP contribution in [0.2, 0.25) is 0 Å². The number of pyridine rings is 1. The van der Waals surface area contributed by atoms with Crippen LogP contribution >= 0.6 is 0 Å². The molecule has 4 aromatic rings. The van der Waals surface area contributed by atoms with Crippen molar-refractivity contribution in [2.45, 2.75) is 26.3 Å². The lowest BCUT2D eigenvalue weighted by atomic mass is 10.1. The molecule has 0 aliphatic carbocycles. The van der Waals surface area contributed by atoms with Gasteiger partial charge in [0.1, 0.15) is 11.3 Å². The van der Waals surface area contributed by atoms with Gasteiger partial charge >= 0.3 is 6.09 Å². The van der Waals surface area contributed by atoms with Gasteiger partial charge in [-0.1, -0.05) is 23.4 Å². The molecule has 2 amide bonds. The van der Waals surface area contributed by atoms with E-state index in [2.05, 4.69) is 25.8 Å². The zero-order valence-corrected chi connectivity index (χ0v) is 16.9. The first-order valence-electron chi connectivity index (χ1n) is 9.57. The highest BCUT2D eigenvalue weighted by molar-refractivity contribution is 6.04. The van der Waals surface area contributed by atoms with Crippen molar-refractivity contribution in [3.05, 3.63) is 65.9 Å². The molecule has 3 N–H and O–H groups in total. The van der Waals surface area contributed by atoms with Crippen LogP contribution in [0, 0.1) is 6.92 Å². The highest BCUT2D eigenvalue weighted by Crippen LogP contribution is 2.24. The van der Waals surface area contributed by atoms with Gasteiger partial charge in [0.05, 0.1) is 6.20 Å².